The number of ether oxygens (including phenoxy) is 2. The first kappa shape index (κ1) is 23.2. The van der Waals surface area contributed by atoms with Crippen LogP contribution in [0.4, 0.5) is 0 Å². The fourth-order valence-corrected chi connectivity index (χ4v) is 7.59. The first-order chi connectivity index (χ1) is 17.1. The molecule has 1 unspecified atom stereocenters. The van der Waals surface area contributed by atoms with E-state index in [9.17, 15) is 4.57 Å². The van der Waals surface area contributed by atoms with Crippen LogP contribution in [0.5, 0.6) is 0 Å². The second kappa shape index (κ2) is 12.7. The summed E-state index contributed by atoms with van der Waals surface area (Å²) in [5.74, 6) is 0. The Morgan fingerprint density at radius 3 is 2.70 bits per heavy atom. The average Bonchev–Trinajstić information content (AvgIpc) is 3.33. The van der Waals surface area contributed by atoms with Crippen LogP contribution in [0, 0.1) is 6.57 Å². The van der Waals surface area contributed by atoms with Gasteiger partial charge in [0.05, 0.1) is 27.7 Å². The molecule has 33 heavy (non-hydrogen) atoms. The Kier molecular flexibility index (Phi) is 8.94. The van der Waals surface area contributed by atoms with Gasteiger partial charge in [-0.3, -0.25) is 9.05 Å². The second-order valence-electron chi connectivity index (χ2n) is 8.74. The van der Waals surface area contributed by atoms with Crippen LogP contribution in [0.15, 0.2) is 0 Å². The maximum Gasteiger partial charge on any atom is 0.406 e. The highest BCUT2D eigenvalue weighted by Gasteiger charge is 2.46. The summed E-state index contributed by atoms with van der Waals surface area (Å²) in [6.45, 7) is 14.2. The highest BCUT2D eigenvalue weighted by molar-refractivity contribution is 7.51. The van der Waals surface area contributed by atoms with Crippen molar-refractivity contribution in [3.05, 3.63) is 11.4 Å². The molecule has 3 rings (SSSR count). The van der Waals surface area contributed by atoms with Crippen molar-refractivity contribution < 1.29 is 36.2 Å². The van der Waals surface area contributed by atoms with Crippen LogP contribution < -0.4 is 5.09 Å². The molecule has 12 heteroatoms. The van der Waals surface area contributed by atoms with E-state index in [0.717, 1.165) is 0 Å². The van der Waals surface area contributed by atoms with Gasteiger partial charge in [0.2, 0.25) is 6.54 Å². The lowest BCUT2D eigenvalue weighted by Crippen LogP contribution is -2.48. The Morgan fingerprint density at radius 2 is 2.00 bits per heavy atom. The van der Waals surface area contributed by atoms with Gasteiger partial charge in [0.25, 0.3) is 8.53 Å². The minimum atomic E-state index is -3.76. The van der Waals surface area contributed by atoms with E-state index in [1.54, 1.807) is 0 Å². The lowest BCUT2D eigenvalue weighted by molar-refractivity contribution is 0.00315. The molecule has 0 bridgehead atoms. The second-order valence-corrected chi connectivity index (χ2v) is 11.9. The maximum atomic E-state index is 13.5. The van der Waals surface area contributed by atoms with E-state index in [2.05, 4.69) is 42.3 Å². The zero-order chi connectivity index (χ0) is 26.5. The molecule has 190 valence electrons. The summed E-state index contributed by atoms with van der Waals surface area (Å²) in [5, 5.41) is 2.97. The van der Waals surface area contributed by atoms with Crippen LogP contribution in [0.1, 0.15) is 58.0 Å². The molecule has 0 amide bonds. The number of hydrogen-bond donors (Lipinski definition) is 1. The van der Waals surface area contributed by atoms with Gasteiger partial charge in [0, 0.05) is 45.5 Å². The van der Waals surface area contributed by atoms with E-state index in [-0.39, 0.29) is 45.2 Å². The molecule has 3 saturated heterocycles. The third-order valence-electron chi connectivity index (χ3n) is 5.52. The van der Waals surface area contributed by atoms with Gasteiger partial charge >= 0.3 is 7.75 Å². The fraction of sp³-hybridized carbons (Fsp3) is 0.952. The summed E-state index contributed by atoms with van der Waals surface area (Å²) in [5.41, 5.74) is 0. The minimum Gasteiger partial charge on any atom is -0.376 e. The molecule has 0 aromatic carbocycles. The Morgan fingerprint density at radius 1 is 1.27 bits per heavy atom. The number of rotatable bonds is 11. The summed E-state index contributed by atoms with van der Waals surface area (Å²) in [6, 6.07) is -0.197. The molecule has 3 heterocycles. The van der Waals surface area contributed by atoms with Gasteiger partial charge in [-0.25, -0.2) is 20.9 Å². The Bertz CT molecular complexity index is 788. The first-order valence-electron chi connectivity index (χ1n) is 13.3. The van der Waals surface area contributed by atoms with E-state index in [1.165, 1.54) is 0 Å². The third-order valence-corrected chi connectivity index (χ3v) is 9.40. The van der Waals surface area contributed by atoms with E-state index in [0.29, 0.717) is 12.8 Å². The minimum absolute atomic E-state index is 0.106. The van der Waals surface area contributed by atoms with Crippen LogP contribution in [-0.4, -0.2) is 80.1 Å². The molecule has 3 fully saturated rings. The monoisotopic (exact) mass is 512 g/mol. The maximum absolute atomic E-state index is 13.5. The van der Waals surface area contributed by atoms with Gasteiger partial charge in [0.15, 0.2) is 0 Å². The van der Waals surface area contributed by atoms with Crippen molar-refractivity contribution in [3.63, 3.8) is 0 Å². The molecular formula is C21H39N3O7P2. The van der Waals surface area contributed by atoms with Crippen LogP contribution in [-0.2, 0) is 32.1 Å². The normalized spacial score (nSPS) is 41.8. The van der Waals surface area contributed by atoms with Gasteiger partial charge < -0.3 is 23.4 Å². The van der Waals surface area contributed by atoms with Crippen molar-refractivity contribution in [1.82, 2.24) is 9.76 Å². The molecule has 0 aromatic rings. The SMILES string of the molecule is [2H]C[C@H]1O[C@H]([3H])C[C@@H]1O[P@@]1(=O)N[C@@H]([C@H]2O[C@H]([3H])C[C@@H]2OP(OCC[N+]#[C-])N(C(C)C)C(C)C)CCO1. The fourth-order valence-electron chi connectivity index (χ4n) is 4.05. The van der Waals surface area contributed by atoms with Crippen molar-refractivity contribution in [1.29, 1.82) is 0 Å². The van der Waals surface area contributed by atoms with Crippen molar-refractivity contribution in [3.8, 4) is 0 Å². The van der Waals surface area contributed by atoms with E-state index in [1.807, 2.05) is 0 Å². The van der Waals surface area contributed by atoms with E-state index >= 15 is 0 Å². The lowest BCUT2D eigenvalue weighted by atomic mass is 10.0. The zero-order valence-electron chi connectivity index (χ0n) is 22.8. The summed E-state index contributed by atoms with van der Waals surface area (Å²) >= 11 is 0. The molecule has 10 nitrogen and oxygen atoms in total. The zero-order valence-corrected chi connectivity index (χ0v) is 21.6. The Labute approximate surface area is 203 Å². The molecule has 3 aliphatic rings. The van der Waals surface area contributed by atoms with Crippen LogP contribution in [0.3, 0.4) is 0 Å². The van der Waals surface area contributed by atoms with Crippen molar-refractivity contribution in [2.24, 2.45) is 0 Å². The van der Waals surface area contributed by atoms with E-state index < -0.39 is 59.9 Å². The Balaban J connectivity index is 1.72. The van der Waals surface area contributed by atoms with Crippen LogP contribution >= 0.6 is 16.3 Å². The average molecular weight is 513 g/mol. The highest BCUT2D eigenvalue weighted by atomic mass is 31.2. The topological polar surface area (TPSA) is 92.1 Å². The number of nitrogens with zero attached hydrogens (tertiary/aromatic N) is 2. The Hall–Kier alpha value is -0.170. The van der Waals surface area contributed by atoms with Gasteiger partial charge in [-0.2, -0.15) is 0 Å². The predicted molar refractivity (Wildman–Crippen MR) is 126 cm³/mol. The first-order valence-corrected chi connectivity index (χ1v) is 14.1. The van der Waals surface area contributed by atoms with Crippen molar-refractivity contribution >= 4 is 16.3 Å². The number of hydrogen-bond acceptors (Lipinski definition) is 8. The van der Waals surface area contributed by atoms with Crippen LogP contribution in [0.2, 0.25) is 0 Å². The number of nitrogens with one attached hydrogen (secondary N) is 1. The smallest absolute Gasteiger partial charge is 0.376 e. The molecular weight excluding hydrogens is 468 g/mol. The summed E-state index contributed by atoms with van der Waals surface area (Å²) in [6.07, 6.45) is -1.41. The molecule has 0 saturated carbocycles. The van der Waals surface area contributed by atoms with Gasteiger partial charge in [0.1, 0.15) is 12.7 Å². The molecule has 9 atom stereocenters. The molecule has 1 N–H and O–H groups in total. The van der Waals surface area contributed by atoms with Crippen LogP contribution in [0.25, 0.3) is 4.85 Å². The quantitative estimate of drug-likeness (QED) is 0.249. The molecule has 0 radical (unpaired) electrons. The van der Waals surface area contributed by atoms with Gasteiger partial charge in [-0.15, -0.1) is 0 Å². The van der Waals surface area contributed by atoms with Crippen molar-refractivity contribution in [2.75, 3.05) is 32.9 Å². The third kappa shape index (κ3) is 7.41. The van der Waals surface area contributed by atoms with E-state index in [4.69, 9.17) is 38.3 Å². The largest absolute Gasteiger partial charge is 0.406 e. The van der Waals surface area contributed by atoms with Gasteiger partial charge in [-0.05, 0) is 41.0 Å². The molecule has 3 aliphatic heterocycles. The lowest BCUT2D eigenvalue weighted by Gasteiger charge is -2.39. The highest BCUT2D eigenvalue weighted by Crippen LogP contribution is 2.52. The summed E-state index contributed by atoms with van der Waals surface area (Å²) in [7, 11) is -5.30. The van der Waals surface area contributed by atoms with Crippen molar-refractivity contribution in [2.45, 2.75) is 96.4 Å². The van der Waals surface area contributed by atoms with Gasteiger partial charge in [-0.1, -0.05) is 0 Å². The summed E-state index contributed by atoms with van der Waals surface area (Å²) < 4.78 is 74.3. The molecule has 0 aromatic heterocycles. The summed E-state index contributed by atoms with van der Waals surface area (Å²) in [4.78, 5) is 3.37. The molecule has 0 aliphatic carbocycles. The standard InChI is InChI=1S/C21H39N3O7P2/c1-15(2)24(16(3)4)32(28-14-10-22-6)30-20-9-12-27-21(20)18-7-13-29-33(25,23-18)31-19-8-11-26-17(19)5/h15-21H,7-14H2,1-5H3,(H,23,25)/t17-,18-,19+,20+,21-,32?,33-/m1/s1/i5D,11T,12T/t11-,12-,17-,18-,19+,20+,21-,32?,33-. The molecule has 0 spiro atoms. The predicted octanol–water partition coefficient (Wildman–Crippen LogP) is 4.12.